The SMILES string of the molecule is CC(C)Oc1ccc(CNCC2(N(C)C)CCC2)cc1. The van der Waals surface area contributed by atoms with Gasteiger partial charge in [-0.3, -0.25) is 0 Å². The van der Waals surface area contributed by atoms with Crippen molar-refractivity contribution in [1.29, 1.82) is 0 Å². The molecule has 1 fully saturated rings. The van der Waals surface area contributed by atoms with Crippen LogP contribution >= 0.6 is 0 Å². The Morgan fingerprint density at radius 3 is 2.30 bits per heavy atom. The molecule has 3 nitrogen and oxygen atoms in total. The molecule has 1 saturated carbocycles. The van der Waals surface area contributed by atoms with Crippen molar-refractivity contribution in [2.45, 2.75) is 51.3 Å². The normalized spacial score (nSPS) is 17.3. The molecule has 0 heterocycles. The van der Waals surface area contributed by atoms with E-state index in [-0.39, 0.29) is 6.10 Å². The third kappa shape index (κ3) is 3.74. The molecule has 0 spiro atoms. The molecule has 1 aliphatic rings. The zero-order valence-electron chi connectivity index (χ0n) is 13.3. The molecule has 1 aromatic rings. The van der Waals surface area contributed by atoms with E-state index in [0.29, 0.717) is 5.54 Å². The highest BCUT2D eigenvalue weighted by molar-refractivity contribution is 5.27. The molecule has 20 heavy (non-hydrogen) atoms. The van der Waals surface area contributed by atoms with Gasteiger partial charge in [0.05, 0.1) is 6.10 Å². The van der Waals surface area contributed by atoms with Gasteiger partial charge in [0.15, 0.2) is 0 Å². The first-order valence-corrected chi connectivity index (χ1v) is 7.66. The molecule has 1 aliphatic carbocycles. The molecule has 0 saturated heterocycles. The minimum Gasteiger partial charge on any atom is -0.491 e. The van der Waals surface area contributed by atoms with E-state index in [1.54, 1.807) is 0 Å². The zero-order valence-corrected chi connectivity index (χ0v) is 13.3. The summed E-state index contributed by atoms with van der Waals surface area (Å²) in [5.74, 6) is 0.951. The van der Waals surface area contributed by atoms with Gasteiger partial charge in [-0.25, -0.2) is 0 Å². The van der Waals surface area contributed by atoms with Crippen LogP contribution in [-0.2, 0) is 6.54 Å². The average Bonchev–Trinajstić information content (AvgIpc) is 2.33. The van der Waals surface area contributed by atoms with Gasteiger partial charge in [0.1, 0.15) is 5.75 Å². The molecule has 0 unspecified atom stereocenters. The van der Waals surface area contributed by atoms with Gasteiger partial charge < -0.3 is 15.0 Å². The lowest BCUT2D eigenvalue weighted by Crippen LogP contribution is -2.56. The van der Waals surface area contributed by atoms with E-state index in [1.165, 1.54) is 24.8 Å². The maximum Gasteiger partial charge on any atom is 0.119 e. The number of likely N-dealkylation sites (N-methyl/N-ethyl adjacent to an activating group) is 1. The molecule has 0 atom stereocenters. The second-order valence-electron chi connectivity index (χ2n) is 6.39. The van der Waals surface area contributed by atoms with Crippen molar-refractivity contribution in [2.24, 2.45) is 0 Å². The van der Waals surface area contributed by atoms with Crippen molar-refractivity contribution >= 4 is 0 Å². The number of nitrogens with zero attached hydrogens (tertiary/aromatic N) is 1. The number of nitrogens with one attached hydrogen (secondary N) is 1. The summed E-state index contributed by atoms with van der Waals surface area (Å²) in [5.41, 5.74) is 1.70. The third-order valence-corrected chi connectivity index (χ3v) is 4.31. The third-order valence-electron chi connectivity index (χ3n) is 4.31. The summed E-state index contributed by atoms with van der Waals surface area (Å²) in [5, 5.41) is 3.60. The van der Waals surface area contributed by atoms with Crippen LogP contribution in [0.2, 0.25) is 0 Å². The highest BCUT2D eigenvalue weighted by atomic mass is 16.5. The van der Waals surface area contributed by atoms with Gasteiger partial charge in [0.2, 0.25) is 0 Å². The molecule has 0 aromatic heterocycles. The maximum atomic E-state index is 5.66. The summed E-state index contributed by atoms with van der Waals surface area (Å²) in [6.45, 7) is 6.10. The predicted molar refractivity (Wildman–Crippen MR) is 84.2 cm³/mol. The minimum atomic E-state index is 0.234. The monoisotopic (exact) mass is 276 g/mol. The lowest BCUT2D eigenvalue weighted by atomic mass is 9.75. The van der Waals surface area contributed by atoms with Gasteiger partial charge in [-0.2, -0.15) is 0 Å². The topological polar surface area (TPSA) is 24.5 Å². The standard InChI is InChI=1S/C17H28N2O/c1-14(2)20-16-8-6-15(7-9-16)12-18-13-17(19(3)4)10-5-11-17/h6-9,14,18H,5,10-13H2,1-4H3. The zero-order chi connectivity index (χ0) is 14.6. The number of ether oxygens (including phenoxy) is 1. The molecule has 3 heteroatoms. The molecule has 1 N–H and O–H groups in total. The van der Waals surface area contributed by atoms with E-state index in [9.17, 15) is 0 Å². The molecular formula is C17H28N2O. The first-order valence-electron chi connectivity index (χ1n) is 7.66. The van der Waals surface area contributed by atoms with Crippen LogP contribution in [0.3, 0.4) is 0 Å². The number of hydrogen-bond donors (Lipinski definition) is 1. The van der Waals surface area contributed by atoms with E-state index in [4.69, 9.17) is 4.74 Å². The molecule has 0 bridgehead atoms. The Labute approximate surface area is 123 Å². The second-order valence-corrected chi connectivity index (χ2v) is 6.39. The van der Waals surface area contributed by atoms with Crippen LogP contribution in [0.1, 0.15) is 38.7 Å². The Bertz CT molecular complexity index is 408. The average molecular weight is 276 g/mol. The van der Waals surface area contributed by atoms with Crippen molar-refractivity contribution in [2.75, 3.05) is 20.6 Å². The molecule has 112 valence electrons. The smallest absolute Gasteiger partial charge is 0.119 e. The van der Waals surface area contributed by atoms with Crippen molar-refractivity contribution in [3.05, 3.63) is 29.8 Å². The molecule has 1 aromatic carbocycles. The van der Waals surface area contributed by atoms with Gasteiger partial charge >= 0.3 is 0 Å². The van der Waals surface area contributed by atoms with Crippen molar-refractivity contribution < 1.29 is 4.74 Å². The van der Waals surface area contributed by atoms with Gasteiger partial charge in [-0.1, -0.05) is 12.1 Å². The molecular weight excluding hydrogens is 248 g/mol. The molecule has 0 aliphatic heterocycles. The fourth-order valence-corrected chi connectivity index (χ4v) is 2.76. The largest absolute Gasteiger partial charge is 0.491 e. The van der Waals surface area contributed by atoms with E-state index in [2.05, 4.69) is 62.4 Å². The summed E-state index contributed by atoms with van der Waals surface area (Å²) >= 11 is 0. The second kappa shape index (κ2) is 6.59. The minimum absolute atomic E-state index is 0.234. The van der Waals surface area contributed by atoms with Crippen LogP contribution in [0, 0.1) is 0 Å². The Morgan fingerprint density at radius 2 is 1.85 bits per heavy atom. The molecule has 2 rings (SSSR count). The summed E-state index contributed by atoms with van der Waals surface area (Å²) in [6, 6.07) is 8.41. The van der Waals surface area contributed by atoms with E-state index in [0.717, 1.165) is 18.8 Å². The van der Waals surface area contributed by atoms with E-state index >= 15 is 0 Å². The summed E-state index contributed by atoms with van der Waals surface area (Å²) in [6.07, 6.45) is 4.22. The highest BCUT2D eigenvalue weighted by Crippen LogP contribution is 2.35. The van der Waals surface area contributed by atoms with Crippen molar-refractivity contribution in [3.63, 3.8) is 0 Å². The molecule has 0 radical (unpaired) electrons. The lowest BCUT2D eigenvalue weighted by molar-refractivity contribution is 0.0598. The Hall–Kier alpha value is -1.06. The van der Waals surface area contributed by atoms with Crippen LogP contribution in [0.4, 0.5) is 0 Å². The van der Waals surface area contributed by atoms with E-state index in [1.807, 2.05) is 0 Å². The fourth-order valence-electron chi connectivity index (χ4n) is 2.76. The highest BCUT2D eigenvalue weighted by Gasteiger charge is 2.38. The number of rotatable bonds is 7. The first-order chi connectivity index (χ1) is 9.52. The van der Waals surface area contributed by atoms with Crippen LogP contribution in [0.15, 0.2) is 24.3 Å². The van der Waals surface area contributed by atoms with Crippen molar-refractivity contribution in [1.82, 2.24) is 10.2 Å². The van der Waals surface area contributed by atoms with Crippen LogP contribution in [0.25, 0.3) is 0 Å². The molecule has 0 amide bonds. The maximum absolute atomic E-state index is 5.66. The Morgan fingerprint density at radius 1 is 1.20 bits per heavy atom. The Balaban J connectivity index is 1.79. The van der Waals surface area contributed by atoms with Gasteiger partial charge in [0.25, 0.3) is 0 Å². The first kappa shape index (κ1) is 15.3. The number of hydrogen-bond acceptors (Lipinski definition) is 3. The van der Waals surface area contributed by atoms with E-state index < -0.39 is 0 Å². The Kier molecular flexibility index (Phi) is 5.06. The predicted octanol–water partition coefficient (Wildman–Crippen LogP) is 3.05. The number of benzene rings is 1. The van der Waals surface area contributed by atoms with Gasteiger partial charge in [-0.15, -0.1) is 0 Å². The van der Waals surface area contributed by atoms with Crippen LogP contribution < -0.4 is 10.1 Å². The quantitative estimate of drug-likeness (QED) is 0.828. The van der Waals surface area contributed by atoms with Crippen LogP contribution in [0.5, 0.6) is 5.75 Å². The fraction of sp³-hybridized carbons (Fsp3) is 0.647. The summed E-state index contributed by atoms with van der Waals surface area (Å²) in [7, 11) is 4.39. The lowest BCUT2D eigenvalue weighted by Gasteiger charge is -2.47. The van der Waals surface area contributed by atoms with Gasteiger partial charge in [0, 0.05) is 18.6 Å². The van der Waals surface area contributed by atoms with Crippen molar-refractivity contribution in [3.8, 4) is 5.75 Å². The summed E-state index contributed by atoms with van der Waals surface area (Å²) in [4.78, 5) is 2.38. The summed E-state index contributed by atoms with van der Waals surface area (Å²) < 4.78 is 5.66. The van der Waals surface area contributed by atoms with Gasteiger partial charge in [-0.05, 0) is 64.9 Å². The van der Waals surface area contributed by atoms with Crippen LogP contribution in [-0.4, -0.2) is 37.2 Å².